The van der Waals surface area contributed by atoms with Gasteiger partial charge in [-0.2, -0.15) is 0 Å². The molecule has 0 radical (unpaired) electrons. The van der Waals surface area contributed by atoms with Gasteiger partial charge >= 0.3 is 5.97 Å². The van der Waals surface area contributed by atoms with Crippen molar-refractivity contribution in [3.05, 3.63) is 132 Å². The number of hydrogen-bond donors (Lipinski definition) is 9. The average Bonchev–Trinajstić information content (AvgIpc) is 3.31. The van der Waals surface area contributed by atoms with Crippen LogP contribution in [0.4, 0.5) is 0 Å². The number of carbonyl (C=O) groups excluding carboxylic acids is 6. The SMILES string of the molecule is NC(=O)[C@H](CCCN=C(N)N)NC(=O)CNC(=O)[C@H](CC(=O)O)NC(=O)[C@H](Cc1ccccc1)NC(=O)[C@H](Cc1ccccc1)NC(=O)CCCc1ccc2ccc3cccc4ccc1c2c34. The third kappa shape index (κ3) is 13.7. The van der Waals surface area contributed by atoms with Crippen molar-refractivity contribution in [2.75, 3.05) is 13.1 Å². The highest BCUT2D eigenvalue weighted by atomic mass is 16.4. The second-order valence-corrected chi connectivity index (χ2v) is 16.3. The van der Waals surface area contributed by atoms with Crippen molar-refractivity contribution in [2.45, 2.75) is 75.5 Å². The van der Waals surface area contributed by atoms with Crippen LogP contribution in [0.1, 0.15) is 48.8 Å². The van der Waals surface area contributed by atoms with Crippen molar-refractivity contribution < 1.29 is 38.7 Å². The molecule has 4 atom stereocenters. The predicted octanol–water partition coefficient (Wildman–Crippen LogP) is 2.46. The van der Waals surface area contributed by atoms with Crippen LogP contribution >= 0.6 is 0 Å². The minimum absolute atomic E-state index is 0.0642. The number of aliphatic imine (C=N–C) groups is 1. The first-order valence-corrected chi connectivity index (χ1v) is 22.0. The van der Waals surface area contributed by atoms with Gasteiger partial charge in [-0.15, -0.1) is 0 Å². The second kappa shape index (κ2) is 23.2. The van der Waals surface area contributed by atoms with Crippen LogP contribution < -0.4 is 43.8 Å². The van der Waals surface area contributed by atoms with Gasteiger partial charge in [0.2, 0.25) is 35.4 Å². The van der Waals surface area contributed by atoms with Crippen molar-refractivity contribution >= 4 is 79.7 Å². The third-order valence-corrected chi connectivity index (χ3v) is 11.4. The van der Waals surface area contributed by atoms with Gasteiger partial charge in [0.1, 0.15) is 24.2 Å². The Labute approximate surface area is 386 Å². The smallest absolute Gasteiger partial charge is 0.305 e. The number of rotatable bonds is 24. The zero-order valence-corrected chi connectivity index (χ0v) is 36.8. The summed E-state index contributed by atoms with van der Waals surface area (Å²) in [4.78, 5) is 95.7. The lowest BCUT2D eigenvalue weighted by Gasteiger charge is -2.25. The van der Waals surface area contributed by atoms with Crippen LogP contribution in [0, 0.1) is 0 Å². The van der Waals surface area contributed by atoms with Crippen LogP contribution in [0.15, 0.2) is 120 Å². The molecule has 6 rings (SSSR count). The van der Waals surface area contributed by atoms with Crippen molar-refractivity contribution in [2.24, 2.45) is 22.2 Å². The van der Waals surface area contributed by atoms with Gasteiger partial charge in [0.05, 0.1) is 13.0 Å². The quantitative estimate of drug-likeness (QED) is 0.0185. The number of carbonyl (C=O) groups is 7. The molecule has 17 nitrogen and oxygen atoms in total. The van der Waals surface area contributed by atoms with Crippen LogP contribution in [-0.4, -0.2) is 89.7 Å². The second-order valence-electron chi connectivity index (χ2n) is 16.3. The fourth-order valence-electron chi connectivity index (χ4n) is 8.09. The van der Waals surface area contributed by atoms with Gasteiger partial charge in [-0.25, -0.2) is 0 Å². The Balaban J connectivity index is 1.12. The van der Waals surface area contributed by atoms with Gasteiger partial charge in [-0.1, -0.05) is 115 Å². The molecule has 6 amide bonds. The number of benzene rings is 6. The molecule has 0 saturated heterocycles. The summed E-state index contributed by atoms with van der Waals surface area (Å²) in [5.74, 6) is -6.19. The number of amides is 6. The first-order valence-electron chi connectivity index (χ1n) is 22.0. The predicted molar refractivity (Wildman–Crippen MR) is 255 cm³/mol. The lowest BCUT2D eigenvalue weighted by atomic mass is 9.90. The zero-order valence-electron chi connectivity index (χ0n) is 36.8. The lowest BCUT2D eigenvalue weighted by Crippen LogP contribution is -2.58. The van der Waals surface area contributed by atoms with Gasteiger partial charge in [-0.05, 0) is 74.7 Å². The molecule has 0 saturated carbocycles. The number of primary amides is 1. The number of carboxylic acid groups (broad SMARTS) is 1. The molecule has 0 aliphatic rings. The molecule has 0 aliphatic heterocycles. The van der Waals surface area contributed by atoms with Crippen LogP contribution in [0.5, 0.6) is 0 Å². The molecule has 0 fully saturated rings. The van der Waals surface area contributed by atoms with E-state index in [9.17, 15) is 38.7 Å². The Morgan fingerprint density at radius 1 is 0.552 bits per heavy atom. The first kappa shape index (κ1) is 48.4. The number of hydrogen-bond acceptors (Lipinski definition) is 8. The fraction of sp³-hybridized carbons (Fsp3) is 0.280. The molecule has 0 bridgehead atoms. The van der Waals surface area contributed by atoms with Crippen LogP contribution in [-0.2, 0) is 52.8 Å². The Morgan fingerprint density at radius 2 is 1.10 bits per heavy atom. The highest BCUT2D eigenvalue weighted by Gasteiger charge is 2.31. The Bertz CT molecular complexity index is 2730. The highest BCUT2D eigenvalue weighted by Crippen LogP contribution is 2.36. The van der Waals surface area contributed by atoms with Gasteiger partial charge in [0.25, 0.3) is 0 Å². The summed E-state index contributed by atoms with van der Waals surface area (Å²) in [5, 5.41) is 29.4. The molecule has 6 aromatic rings. The minimum Gasteiger partial charge on any atom is -0.481 e. The monoisotopic (exact) mass is 909 g/mol. The summed E-state index contributed by atoms with van der Waals surface area (Å²) < 4.78 is 0. The molecule has 0 heterocycles. The summed E-state index contributed by atoms with van der Waals surface area (Å²) in [7, 11) is 0. The minimum atomic E-state index is -1.69. The van der Waals surface area contributed by atoms with Gasteiger partial charge in [0.15, 0.2) is 5.96 Å². The number of aliphatic carboxylic acids is 1. The van der Waals surface area contributed by atoms with E-state index in [1.165, 1.54) is 10.8 Å². The van der Waals surface area contributed by atoms with E-state index in [2.05, 4.69) is 80.1 Å². The number of aryl methyl sites for hydroxylation is 1. The normalized spacial score (nSPS) is 12.9. The number of nitrogens with zero attached hydrogens (tertiary/aromatic N) is 1. The zero-order chi connectivity index (χ0) is 47.9. The first-order chi connectivity index (χ1) is 32.2. The maximum absolute atomic E-state index is 14.2. The molecular formula is C50H55N9O8. The number of guanidine groups is 1. The molecule has 0 spiro atoms. The van der Waals surface area contributed by atoms with Crippen LogP contribution in [0.2, 0.25) is 0 Å². The Kier molecular flexibility index (Phi) is 16.8. The van der Waals surface area contributed by atoms with Crippen molar-refractivity contribution in [3.63, 3.8) is 0 Å². The fourth-order valence-corrected chi connectivity index (χ4v) is 8.09. The van der Waals surface area contributed by atoms with Crippen LogP contribution in [0.3, 0.4) is 0 Å². The largest absolute Gasteiger partial charge is 0.481 e. The van der Waals surface area contributed by atoms with E-state index in [0.717, 1.165) is 32.7 Å². The van der Waals surface area contributed by atoms with Crippen molar-refractivity contribution in [3.8, 4) is 0 Å². The van der Waals surface area contributed by atoms with E-state index in [1.807, 2.05) is 24.3 Å². The molecule has 17 heteroatoms. The van der Waals surface area contributed by atoms with E-state index >= 15 is 0 Å². The molecule has 6 aromatic carbocycles. The van der Waals surface area contributed by atoms with Crippen molar-refractivity contribution in [1.82, 2.24) is 26.6 Å². The summed E-state index contributed by atoms with van der Waals surface area (Å²) >= 11 is 0. The van der Waals surface area contributed by atoms with E-state index < -0.39 is 72.6 Å². The summed E-state index contributed by atoms with van der Waals surface area (Å²) in [6.45, 7) is -0.513. The molecule has 348 valence electrons. The maximum atomic E-state index is 14.2. The van der Waals surface area contributed by atoms with Crippen molar-refractivity contribution in [1.29, 1.82) is 0 Å². The Morgan fingerprint density at radius 3 is 1.70 bits per heavy atom. The summed E-state index contributed by atoms with van der Waals surface area (Å²) in [5.41, 5.74) is 18.5. The topological polar surface area (TPSA) is 290 Å². The van der Waals surface area contributed by atoms with E-state index in [0.29, 0.717) is 24.8 Å². The van der Waals surface area contributed by atoms with E-state index in [4.69, 9.17) is 17.2 Å². The lowest BCUT2D eigenvalue weighted by molar-refractivity contribution is -0.141. The van der Waals surface area contributed by atoms with E-state index in [1.54, 1.807) is 42.5 Å². The highest BCUT2D eigenvalue weighted by molar-refractivity contribution is 6.23. The summed E-state index contributed by atoms with van der Waals surface area (Å²) in [6.07, 6.45) is 0.768. The van der Waals surface area contributed by atoms with Gasteiger partial charge < -0.3 is 48.9 Å². The maximum Gasteiger partial charge on any atom is 0.305 e. The third-order valence-electron chi connectivity index (χ3n) is 11.4. The molecular weight excluding hydrogens is 855 g/mol. The van der Waals surface area contributed by atoms with Crippen LogP contribution in [0.25, 0.3) is 32.3 Å². The standard InChI is InChI=1S/C50H55N9O8/c51-46(64)37(17-9-25-54-50(52)53)56-42(61)29-55-47(65)40(28-43(62)63)59-49(67)39(27-31-12-5-2-6-13-31)58-48(66)38(26-30-10-3-1-4-11-30)57-41(60)18-8-14-32-19-20-35-22-21-33-15-7-16-34-23-24-36(32)45(35)44(33)34/h1-7,10-13,15-16,19-24,37-40H,8-9,14,17-18,25-29H2,(H2,51,64)(H,55,65)(H,56,61)(H,57,60)(H,58,66)(H,59,67)(H,62,63)(H4,52,53,54)/t37-,38-,39-,40-/m0/s1. The molecule has 67 heavy (non-hydrogen) atoms. The molecule has 0 aliphatic carbocycles. The number of nitrogens with one attached hydrogen (secondary N) is 5. The Hall–Kier alpha value is -8.08. The molecule has 12 N–H and O–H groups in total. The summed E-state index contributed by atoms with van der Waals surface area (Å²) in [6, 6.07) is 31.4. The number of carboxylic acids is 1. The van der Waals surface area contributed by atoms with Gasteiger partial charge in [-0.3, -0.25) is 38.6 Å². The molecule has 0 aromatic heterocycles. The van der Waals surface area contributed by atoms with Gasteiger partial charge in [0, 0.05) is 25.8 Å². The van der Waals surface area contributed by atoms with E-state index in [-0.39, 0.29) is 44.1 Å². The number of nitrogens with two attached hydrogens (primary N) is 3. The average molecular weight is 910 g/mol. The molecule has 0 unspecified atom stereocenters.